The molecule has 1 saturated carbocycles. The number of fused-ring (bicyclic) bond motifs is 1. The fourth-order valence-corrected chi connectivity index (χ4v) is 5.49. The van der Waals surface area contributed by atoms with Crippen LogP contribution in [-0.2, 0) is 16.1 Å². The van der Waals surface area contributed by atoms with Gasteiger partial charge in [0.25, 0.3) is 5.91 Å². The Kier molecular flexibility index (Phi) is 7.25. The molecule has 1 unspecified atom stereocenters. The van der Waals surface area contributed by atoms with E-state index in [0.717, 1.165) is 42.8 Å². The van der Waals surface area contributed by atoms with E-state index in [-0.39, 0.29) is 36.1 Å². The summed E-state index contributed by atoms with van der Waals surface area (Å²) < 4.78 is 18.6. The maximum atomic E-state index is 12.6. The molecule has 0 aromatic heterocycles. The van der Waals surface area contributed by atoms with Crippen LogP contribution in [0.4, 0.5) is 4.39 Å². The summed E-state index contributed by atoms with van der Waals surface area (Å²) in [5, 5.41) is 6.01. The van der Waals surface area contributed by atoms with Gasteiger partial charge in [0.1, 0.15) is 17.6 Å². The van der Waals surface area contributed by atoms with Crippen LogP contribution in [0, 0.1) is 5.82 Å². The first-order chi connectivity index (χ1) is 17.4. The summed E-state index contributed by atoms with van der Waals surface area (Å²) in [5.74, 6) is 0.196. The van der Waals surface area contributed by atoms with Crippen LogP contribution in [0.5, 0.6) is 5.75 Å². The van der Waals surface area contributed by atoms with E-state index in [1.54, 1.807) is 17.0 Å². The Bertz CT molecular complexity index is 1180. The number of rotatable bonds is 4. The smallest absolute Gasteiger partial charge is 0.255 e. The molecule has 1 aliphatic carbocycles. The Labute approximate surface area is 214 Å². The van der Waals surface area contributed by atoms with Crippen LogP contribution in [-0.4, -0.2) is 47.9 Å². The number of halogens is 2. The number of ether oxygens (including phenoxy) is 1. The van der Waals surface area contributed by atoms with Crippen molar-refractivity contribution in [2.24, 2.45) is 0 Å². The third-order valence-electron chi connectivity index (χ3n) is 7.28. The molecule has 1 atom stereocenters. The SMILES string of the molecule is Fc1ccc(C2CNC2)c(Cl)c1.O=C1CCC(N2Cc3cc(OC4CCCC4)ccc3C2=O)C(=O)N1. The topological polar surface area (TPSA) is 87.7 Å². The number of nitrogens with zero attached hydrogens (tertiary/aromatic N) is 1. The van der Waals surface area contributed by atoms with E-state index in [9.17, 15) is 18.8 Å². The molecular weight excluding hydrogens is 485 g/mol. The summed E-state index contributed by atoms with van der Waals surface area (Å²) in [6.45, 7) is 2.29. The van der Waals surface area contributed by atoms with Crippen molar-refractivity contribution in [2.75, 3.05) is 13.1 Å². The molecule has 9 heteroatoms. The molecule has 3 amide bonds. The lowest BCUT2D eigenvalue weighted by Gasteiger charge is -2.29. The molecule has 3 aliphatic heterocycles. The number of carbonyl (C=O) groups excluding carboxylic acids is 3. The van der Waals surface area contributed by atoms with Gasteiger partial charge in [0.2, 0.25) is 11.8 Å². The van der Waals surface area contributed by atoms with Crippen molar-refractivity contribution in [1.29, 1.82) is 0 Å². The second-order valence-corrected chi connectivity index (χ2v) is 10.2. The molecule has 0 spiro atoms. The first-order valence-electron chi connectivity index (χ1n) is 12.5. The lowest BCUT2D eigenvalue weighted by Crippen LogP contribution is -2.52. The van der Waals surface area contributed by atoms with Crippen molar-refractivity contribution >= 4 is 29.3 Å². The zero-order chi connectivity index (χ0) is 25.2. The summed E-state index contributed by atoms with van der Waals surface area (Å²) in [6, 6.07) is 9.56. The molecule has 4 aliphatic rings. The minimum atomic E-state index is -0.568. The first kappa shape index (κ1) is 24.7. The highest BCUT2D eigenvalue weighted by atomic mass is 35.5. The van der Waals surface area contributed by atoms with E-state index in [1.807, 2.05) is 12.1 Å². The van der Waals surface area contributed by atoms with E-state index >= 15 is 0 Å². The Morgan fingerprint density at radius 1 is 1.00 bits per heavy atom. The van der Waals surface area contributed by atoms with E-state index in [2.05, 4.69) is 10.6 Å². The van der Waals surface area contributed by atoms with Crippen molar-refractivity contribution in [1.82, 2.24) is 15.5 Å². The van der Waals surface area contributed by atoms with Gasteiger partial charge in [-0.05, 0) is 73.6 Å². The fourth-order valence-electron chi connectivity index (χ4n) is 5.16. The summed E-state index contributed by atoms with van der Waals surface area (Å²) >= 11 is 5.87. The van der Waals surface area contributed by atoms with Crippen molar-refractivity contribution in [3.8, 4) is 5.75 Å². The van der Waals surface area contributed by atoms with Crippen LogP contribution in [0.25, 0.3) is 0 Å². The van der Waals surface area contributed by atoms with Crippen molar-refractivity contribution in [2.45, 2.75) is 63.1 Å². The Morgan fingerprint density at radius 3 is 2.44 bits per heavy atom. The van der Waals surface area contributed by atoms with Gasteiger partial charge in [0.05, 0.1) is 6.10 Å². The highest BCUT2D eigenvalue weighted by Gasteiger charge is 2.39. The monoisotopic (exact) mass is 513 g/mol. The number of carbonyl (C=O) groups is 3. The first-order valence-corrected chi connectivity index (χ1v) is 12.9. The van der Waals surface area contributed by atoms with E-state index in [0.29, 0.717) is 29.5 Å². The fraction of sp³-hybridized carbons (Fsp3) is 0.444. The second-order valence-electron chi connectivity index (χ2n) is 9.76. The molecule has 2 saturated heterocycles. The molecule has 2 aromatic rings. The third kappa shape index (κ3) is 5.25. The van der Waals surface area contributed by atoms with Crippen molar-refractivity contribution in [3.63, 3.8) is 0 Å². The van der Waals surface area contributed by atoms with Gasteiger partial charge in [-0.15, -0.1) is 0 Å². The van der Waals surface area contributed by atoms with Crippen LogP contribution in [0.1, 0.15) is 65.9 Å². The summed E-state index contributed by atoms with van der Waals surface area (Å²) in [6.07, 6.45) is 5.50. The van der Waals surface area contributed by atoms with E-state index in [1.165, 1.54) is 25.0 Å². The normalized spacial score (nSPS) is 22.0. The molecule has 3 fully saturated rings. The van der Waals surface area contributed by atoms with Gasteiger partial charge >= 0.3 is 0 Å². The molecule has 36 heavy (non-hydrogen) atoms. The predicted octanol–water partition coefficient (Wildman–Crippen LogP) is 3.93. The molecule has 3 heterocycles. The van der Waals surface area contributed by atoms with Gasteiger partial charge in [0.15, 0.2) is 0 Å². The lowest BCUT2D eigenvalue weighted by molar-refractivity contribution is -0.136. The second kappa shape index (κ2) is 10.6. The van der Waals surface area contributed by atoms with Crippen LogP contribution >= 0.6 is 11.6 Å². The highest BCUT2D eigenvalue weighted by Crippen LogP contribution is 2.32. The minimum Gasteiger partial charge on any atom is -0.490 e. The zero-order valence-electron chi connectivity index (χ0n) is 19.9. The van der Waals surface area contributed by atoms with E-state index in [4.69, 9.17) is 16.3 Å². The standard InChI is InChI=1S/C18H20N2O4.C9H9ClFN/c21-16-8-7-15(17(22)19-16)20-10-11-9-13(5-6-14(11)18(20)23)24-12-3-1-2-4-12;10-9-3-7(11)1-2-8(9)6-4-12-5-6/h5-6,9,12,15H,1-4,7-8,10H2,(H,19,21,22);1-3,6,12H,4-5H2. The number of hydrogen-bond acceptors (Lipinski definition) is 5. The van der Waals surface area contributed by atoms with Gasteiger partial charge in [-0.2, -0.15) is 0 Å². The quantitative estimate of drug-likeness (QED) is 0.605. The number of benzene rings is 2. The molecule has 0 radical (unpaired) electrons. The molecule has 0 bridgehead atoms. The lowest BCUT2D eigenvalue weighted by atomic mass is 9.94. The van der Waals surface area contributed by atoms with Crippen molar-refractivity contribution < 1.29 is 23.5 Å². The average Bonchev–Trinajstić information content (AvgIpc) is 3.43. The van der Waals surface area contributed by atoms with Crippen LogP contribution in [0.2, 0.25) is 5.02 Å². The Hall–Kier alpha value is -2.97. The van der Waals surface area contributed by atoms with Crippen molar-refractivity contribution in [3.05, 3.63) is 63.9 Å². The minimum absolute atomic E-state index is 0.146. The van der Waals surface area contributed by atoms with Gasteiger partial charge in [-0.25, -0.2) is 4.39 Å². The zero-order valence-corrected chi connectivity index (χ0v) is 20.7. The summed E-state index contributed by atoms with van der Waals surface area (Å²) in [5.41, 5.74) is 2.57. The number of hydrogen-bond donors (Lipinski definition) is 2. The molecule has 2 aromatic carbocycles. The third-order valence-corrected chi connectivity index (χ3v) is 7.61. The van der Waals surface area contributed by atoms with Gasteiger partial charge in [-0.3, -0.25) is 19.7 Å². The molecule has 6 rings (SSSR count). The molecule has 2 N–H and O–H groups in total. The largest absolute Gasteiger partial charge is 0.490 e. The Morgan fingerprint density at radius 2 is 1.78 bits per heavy atom. The molecular formula is C27H29ClFN3O4. The maximum Gasteiger partial charge on any atom is 0.255 e. The summed E-state index contributed by atoms with van der Waals surface area (Å²) in [4.78, 5) is 37.5. The van der Waals surface area contributed by atoms with Gasteiger partial charge in [-0.1, -0.05) is 17.7 Å². The molecule has 190 valence electrons. The van der Waals surface area contributed by atoms with Gasteiger partial charge < -0.3 is 15.0 Å². The highest BCUT2D eigenvalue weighted by molar-refractivity contribution is 6.31. The number of piperidine rings is 1. The number of imide groups is 1. The van der Waals surface area contributed by atoms with Crippen LogP contribution in [0.3, 0.4) is 0 Å². The van der Waals surface area contributed by atoms with Crippen LogP contribution in [0.15, 0.2) is 36.4 Å². The van der Waals surface area contributed by atoms with Gasteiger partial charge in [0, 0.05) is 42.6 Å². The Balaban J connectivity index is 0.000000186. The summed E-state index contributed by atoms with van der Waals surface area (Å²) in [7, 11) is 0. The molecule has 7 nitrogen and oxygen atoms in total. The van der Waals surface area contributed by atoms with Crippen LogP contribution < -0.4 is 15.4 Å². The number of nitrogens with one attached hydrogen (secondary N) is 2. The predicted molar refractivity (Wildman–Crippen MR) is 132 cm³/mol. The number of amides is 3. The van der Waals surface area contributed by atoms with E-state index < -0.39 is 6.04 Å². The maximum absolute atomic E-state index is 12.6. The average molecular weight is 514 g/mol.